The Morgan fingerprint density at radius 1 is 1.26 bits per heavy atom. The van der Waals surface area contributed by atoms with Gasteiger partial charge in [-0.2, -0.15) is 4.31 Å². The summed E-state index contributed by atoms with van der Waals surface area (Å²) < 4.78 is 35.0. The minimum absolute atomic E-state index is 0.0368. The van der Waals surface area contributed by atoms with Crippen LogP contribution in [0.1, 0.15) is 62.0 Å². The van der Waals surface area contributed by atoms with Crippen LogP contribution in [0.5, 0.6) is 5.75 Å². The molecule has 1 aliphatic carbocycles. The van der Waals surface area contributed by atoms with Crippen molar-refractivity contribution in [3.8, 4) is 17.6 Å². The zero-order valence-electron chi connectivity index (χ0n) is 22.3. The van der Waals surface area contributed by atoms with E-state index in [2.05, 4.69) is 16.8 Å². The Morgan fingerprint density at radius 3 is 2.71 bits per heavy atom. The van der Waals surface area contributed by atoms with Gasteiger partial charge in [-0.15, -0.1) is 0 Å². The summed E-state index contributed by atoms with van der Waals surface area (Å²) in [5.74, 6) is 6.77. The van der Waals surface area contributed by atoms with Crippen LogP contribution in [0.3, 0.4) is 0 Å². The van der Waals surface area contributed by atoms with Crippen LogP contribution in [0.15, 0.2) is 47.5 Å². The molecule has 0 bridgehead atoms. The number of pyridine rings is 1. The number of carbonyl (C=O) groups is 1. The van der Waals surface area contributed by atoms with Gasteiger partial charge in [0.05, 0.1) is 13.2 Å². The zero-order valence-corrected chi connectivity index (χ0v) is 23.2. The van der Waals surface area contributed by atoms with Crippen LogP contribution in [0, 0.1) is 23.7 Å². The predicted octanol–water partition coefficient (Wildman–Crippen LogP) is 3.55. The maximum absolute atomic E-state index is 13.7. The van der Waals surface area contributed by atoms with E-state index < -0.39 is 22.2 Å². The SMILES string of the molecule is C[C@@H]1CN([C@H](C)CO)S(=O)(=O)c2ccc(C#CCC3CCCC3)cc2O[C@@H]1CN(C)C(=O)c1ccccn1. The molecule has 3 atom stereocenters. The highest BCUT2D eigenvalue weighted by atomic mass is 32.2. The van der Waals surface area contributed by atoms with Crippen LogP contribution in [-0.2, 0) is 10.0 Å². The smallest absolute Gasteiger partial charge is 0.272 e. The van der Waals surface area contributed by atoms with Gasteiger partial charge in [-0.3, -0.25) is 9.78 Å². The van der Waals surface area contributed by atoms with Gasteiger partial charge in [0, 0.05) is 43.7 Å². The third kappa shape index (κ3) is 6.37. The van der Waals surface area contributed by atoms with Crippen molar-refractivity contribution in [3.05, 3.63) is 53.9 Å². The van der Waals surface area contributed by atoms with Crippen LogP contribution >= 0.6 is 0 Å². The summed E-state index contributed by atoms with van der Waals surface area (Å²) in [6, 6.07) is 9.48. The summed E-state index contributed by atoms with van der Waals surface area (Å²) in [7, 11) is -2.26. The topological polar surface area (TPSA) is 100 Å². The Balaban J connectivity index is 1.66. The van der Waals surface area contributed by atoms with E-state index >= 15 is 0 Å². The molecular formula is C29H37N3O5S. The molecule has 1 N–H and O–H groups in total. The second-order valence-electron chi connectivity index (χ2n) is 10.5. The van der Waals surface area contributed by atoms with Crippen molar-refractivity contribution in [1.82, 2.24) is 14.2 Å². The molecule has 1 fully saturated rings. The number of hydrogen-bond donors (Lipinski definition) is 1. The van der Waals surface area contributed by atoms with Crippen LogP contribution < -0.4 is 4.74 Å². The van der Waals surface area contributed by atoms with Gasteiger partial charge >= 0.3 is 0 Å². The van der Waals surface area contributed by atoms with Crippen molar-refractivity contribution in [3.63, 3.8) is 0 Å². The molecule has 4 rings (SSSR count). The molecule has 1 aliphatic heterocycles. The average molecular weight is 540 g/mol. The molecule has 1 amide bonds. The van der Waals surface area contributed by atoms with Gasteiger partial charge in [-0.05, 0) is 56.0 Å². The molecule has 0 spiro atoms. The summed E-state index contributed by atoms with van der Waals surface area (Å²) in [5, 5.41) is 9.84. The second-order valence-corrected chi connectivity index (χ2v) is 12.3. The predicted molar refractivity (Wildman–Crippen MR) is 145 cm³/mol. The minimum atomic E-state index is -3.94. The minimum Gasteiger partial charge on any atom is -0.487 e. The lowest BCUT2D eigenvalue weighted by molar-refractivity contribution is 0.0559. The molecule has 38 heavy (non-hydrogen) atoms. The summed E-state index contributed by atoms with van der Waals surface area (Å²) >= 11 is 0. The third-order valence-corrected chi connectivity index (χ3v) is 9.47. The van der Waals surface area contributed by atoms with Gasteiger partial charge < -0.3 is 14.7 Å². The highest BCUT2D eigenvalue weighted by Crippen LogP contribution is 2.34. The number of hydrogen-bond acceptors (Lipinski definition) is 6. The maximum Gasteiger partial charge on any atom is 0.272 e. The molecule has 1 aromatic heterocycles. The van der Waals surface area contributed by atoms with E-state index in [4.69, 9.17) is 4.74 Å². The van der Waals surface area contributed by atoms with Crippen LogP contribution in [0.25, 0.3) is 0 Å². The number of ether oxygens (including phenoxy) is 1. The molecule has 0 radical (unpaired) electrons. The fourth-order valence-electron chi connectivity index (χ4n) is 5.07. The van der Waals surface area contributed by atoms with E-state index in [-0.39, 0.29) is 42.2 Å². The van der Waals surface area contributed by atoms with E-state index in [1.54, 1.807) is 55.4 Å². The van der Waals surface area contributed by atoms with Crippen molar-refractivity contribution < 1.29 is 23.1 Å². The number of aromatic nitrogens is 1. The highest BCUT2D eigenvalue weighted by Gasteiger charge is 2.38. The number of sulfonamides is 1. The quantitative estimate of drug-likeness (QED) is 0.564. The first-order valence-electron chi connectivity index (χ1n) is 13.3. The summed E-state index contributed by atoms with van der Waals surface area (Å²) in [4.78, 5) is 18.7. The number of carbonyl (C=O) groups excluding carboxylic acids is 1. The molecule has 8 nitrogen and oxygen atoms in total. The number of fused-ring (bicyclic) bond motifs is 1. The van der Waals surface area contributed by atoms with Crippen molar-refractivity contribution >= 4 is 15.9 Å². The van der Waals surface area contributed by atoms with Gasteiger partial charge in [0.15, 0.2) is 0 Å². The van der Waals surface area contributed by atoms with Crippen molar-refractivity contribution in [1.29, 1.82) is 0 Å². The number of aliphatic hydroxyl groups excluding tert-OH is 1. The first-order chi connectivity index (χ1) is 18.2. The molecule has 0 unspecified atom stereocenters. The number of aliphatic hydroxyl groups is 1. The lowest BCUT2D eigenvalue weighted by atomic mass is 10.0. The molecule has 2 aromatic rings. The van der Waals surface area contributed by atoms with E-state index in [1.165, 1.54) is 36.1 Å². The Kier molecular flexibility index (Phi) is 9.08. The number of amides is 1. The fraction of sp³-hybridized carbons (Fsp3) is 0.517. The molecule has 0 saturated heterocycles. The molecule has 2 heterocycles. The molecule has 1 aromatic carbocycles. The lowest BCUT2D eigenvalue weighted by Gasteiger charge is -2.37. The summed E-state index contributed by atoms with van der Waals surface area (Å²) in [6.45, 7) is 3.64. The molecule has 9 heteroatoms. The van der Waals surface area contributed by atoms with Gasteiger partial charge in [0.2, 0.25) is 10.0 Å². The Bertz CT molecular complexity index is 1280. The van der Waals surface area contributed by atoms with Crippen LogP contribution in [0.2, 0.25) is 0 Å². The highest BCUT2D eigenvalue weighted by molar-refractivity contribution is 7.89. The average Bonchev–Trinajstić information content (AvgIpc) is 3.43. The first kappa shape index (κ1) is 28.1. The van der Waals surface area contributed by atoms with Crippen molar-refractivity contribution in [2.45, 2.75) is 63.0 Å². The van der Waals surface area contributed by atoms with Gasteiger partial charge in [-0.25, -0.2) is 8.42 Å². The van der Waals surface area contributed by atoms with E-state index in [0.717, 1.165) is 6.42 Å². The van der Waals surface area contributed by atoms with E-state index in [1.807, 2.05) is 6.92 Å². The maximum atomic E-state index is 13.7. The zero-order chi connectivity index (χ0) is 27.3. The number of benzene rings is 1. The Morgan fingerprint density at radius 2 is 2.03 bits per heavy atom. The first-order valence-corrected chi connectivity index (χ1v) is 14.7. The normalized spacial score (nSPS) is 22.2. The van der Waals surface area contributed by atoms with E-state index in [9.17, 15) is 18.3 Å². The summed E-state index contributed by atoms with van der Waals surface area (Å²) in [6.07, 6.45) is 6.84. The van der Waals surface area contributed by atoms with Gasteiger partial charge in [0.1, 0.15) is 22.4 Å². The monoisotopic (exact) mass is 539 g/mol. The summed E-state index contributed by atoms with van der Waals surface area (Å²) in [5.41, 5.74) is 1.01. The fourth-order valence-corrected chi connectivity index (χ4v) is 6.90. The lowest BCUT2D eigenvalue weighted by Crippen LogP contribution is -2.50. The van der Waals surface area contributed by atoms with Gasteiger partial charge in [0.25, 0.3) is 5.91 Å². The Hall–Kier alpha value is -2.93. The van der Waals surface area contributed by atoms with Crippen molar-refractivity contribution in [2.75, 3.05) is 26.7 Å². The largest absolute Gasteiger partial charge is 0.487 e. The molecule has 1 saturated carbocycles. The van der Waals surface area contributed by atoms with Crippen LogP contribution in [-0.4, -0.2) is 72.5 Å². The van der Waals surface area contributed by atoms with Crippen LogP contribution in [0.4, 0.5) is 0 Å². The van der Waals surface area contributed by atoms with Gasteiger partial charge in [-0.1, -0.05) is 37.7 Å². The molecule has 2 aliphatic rings. The second kappa shape index (κ2) is 12.3. The number of nitrogens with zero attached hydrogens (tertiary/aromatic N) is 3. The third-order valence-electron chi connectivity index (χ3n) is 7.45. The number of likely N-dealkylation sites (N-methyl/N-ethyl adjacent to an activating group) is 1. The Labute approximate surface area is 226 Å². The van der Waals surface area contributed by atoms with E-state index in [0.29, 0.717) is 17.2 Å². The number of rotatable bonds is 6. The van der Waals surface area contributed by atoms with Crippen molar-refractivity contribution in [2.24, 2.45) is 11.8 Å². The molecular weight excluding hydrogens is 502 g/mol. The molecule has 204 valence electrons. The standard InChI is InChI=1S/C29H37N3O5S/c1-21-18-32(22(2)20-33)38(35,36)28-15-14-24(12-8-11-23-9-4-5-10-23)17-26(28)37-27(21)19-31(3)29(34)25-13-6-7-16-30-25/h6-7,13-17,21-23,27,33H,4-5,9-11,18-20H2,1-3H3/t21-,22-,27-/m1/s1.